The lowest BCUT2D eigenvalue weighted by atomic mass is 10.2. The zero-order valence-corrected chi connectivity index (χ0v) is 9.60. The van der Waals surface area contributed by atoms with Crippen LogP contribution in [0.15, 0.2) is 18.3 Å². The molecule has 0 aliphatic carbocycles. The average molecular weight is 220 g/mol. The Morgan fingerprint density at radius 2 is 2.31 bits per heavy atom. The van der Waals surface area contributed by atoms with Gasteiger partial charge in [-0.05, 0) is 17.7 Å². The first-order valence-electron chi connectivity index (χ1n) is 5.33. The number of amides is 2. The zero-order chi connectivity index (χ0) is 11.5. The largest absolute Gasteiger partial charge is 0.373 e. The topological polar surface area (TPSA) is 48.5 Å². The van der Waals surface area contributed by atoms with Gasteiger partial charge in [0.1, 0.15) is 5.82 Å². The van der Waals surface area contributed by atoms with Gasteiger partial charge in [0.2, 0.25) is 0 Å². The highest BCUT2D eigenvalue weighted by molar-refractivity contribution is 5.76. The highest BCUT2D eigenvalue weighted by Gasteiger charge is 2.24. The third-order valence-electron chi connectivity index (χ3n) is 2.76. The van der Waals surface area contributed by atoms with Crippen molar-refractivity contribution >= 4 is 11.8 Å². The van der Waals surface area contributed by atoms with Crippen molar-refractivity contribution in [2.75, 3.05) is 32.5 Å². The van der Waals surface area contributed by atoms with E-state index in [0.29, 0.717) is 6.54 Å². The first kappa shape index (κ1) is 10.7. The molecule has 0 aromatic carbocycles. The van der Waals surface area contributed by atoms with E-state index in [-0.39, 0.29) is 6.03 Å². The molecule has 1 aliphatic heterocycles. The maximum absolute atomic E-state index is 11.7. The van der Waals surface area contributed by atoms with Gasteiger partial charge in [-0.15, -0.1) is 0 Å². The van der Waals surface area contributed by atoms with Crippen molar-refractivity contribution in [1.29, 1.82) is 0 Å². The predicted molar refractivity (Wildman–Crippen MR) is 62.2 cm³/mol. The number of likely N-dealkylation sites (N-methyl/N-ethyl adjacent to an activating group) is 1. The summed E-state index contributed by atoms with van der Waals surface area (Å²) in [6.07, 6.45) is 1.76. The van der Waals surface area contributed by atoms with E-state index in [0.717, 1.165) is 24.5 Å². The number of carbonyl (C=O) groups excluding carboxylic acids is 1. The highest BCUT2D eigenvalue weighted by Crippen LogP contribution is 2.13. The van der Waals surface area contributed by atoms with Gasteiger partial charge in [0.05, 0.1) is 0 Å². The molecule has 0 bridgehead atoms. The fourth-order valence-corrected chi connectivity index (χ4v) is 1.78. The number of aromatic nitrogens is 1. The second-order valence-corrected chi connectivity index (χ2v) is 3.93. The van der Waals surface area contributed by atoms with E-state index >= 15 is 0 Å². The number of nitrogens with zero attached hydrogens (tertiary/aromatic N) is 3. The molecule has 1 saturated heterocycles. The molecule has 0 spiro atoms. The number of nitrogens with one attached hydrogen (secondary N) is 1. The van der Waals surface area contributed by atoms with E-state index in [2.05, 4.69) is 10.3 Å². The third kappa shape index (κ3) is 2.08. The van der Waals surface area contributed by atoms with Gasteiger partial charge in [-0.25, -0.2) is 9.78 Å². The Kier molecular flexibility index (Phi) is 2.94. The van der Waals surface area contributed by atoms with Crippen LogP contribution in [0.3, 0.4) is 0 Å². The number of hydrogen-bond acceptors (Lipinski definition) is 3. The fourth-order valence-electron chi connectivity index (χ4n) is 1.78. The Morgan fingerprint density at radius 1 is 1.50 bits per heavy atom. The van der Waals surface area contributed by atoms with E-state index in [9.17, 15) is 4.79 Å². The second kappa shape index (κ2) is 4.38. The third-order valence-corrected chi connectivity index (χ3v) is 2.76. The first-order valence-corrected chi connectivity index (χ1v) is 5.33. The Hall–Kier alpha value is -1.78. The minimum Gasteiger partial charge on any atom is -0.373 e. The second-order valence-electron chi connectivity index (χ2n) is 3.93. The molecule has 2 heterocycles. The maximum Gasteiger partial charge on any atom is 0.320 e. The van der Waals surface area contributed by atoms with Gasteiger partial charge in [0.25, 0.3) is 0 Å². The predicted octanol–water partition coefficient (Wildman–Crippen LogP) is 0.991. The van der Waals surface area contributed by atoms with E-state index in [1.807, 2.05) is 31.1 Å². The Balaban J connectivity index is 2.06. The van der Waals surface area contributed by atoms with E-state index in [1.54, 1.807) is 11.1 Å². The van der Waals surface area contributed by atoms with E-state index in [1.165, 1.54) is 0 Å². The summed E-state index contributed by atoms with van der Waals surface area (Å²) in [6, 6.07) is 4.00. The molecule has 1 N–H and O–H groups in total. The monoisotopic (exact) mass is 220 g/mol. The van der Waals surface area contributed by atoms with Crippen LogP contribution in [-0.2, 0) is 6.54 Å². The van der Waals surface area contributed by atoms with Crippen molar-refractivity contribution in [1.82, 2.24) is 14.8 Å². The number of pyridine rings is 1. The Labute approximate surface area is 95.1 Å². The molecule has 1 fully saturated rings. The number of anilines is 1. The van der Waals surface area contributed by atoms with Gasteiger partial charge < -0.3 is 15.1 Å². The molecule has 2 rings (SSSR count). The zero-order valence-electron chi connectivity index (χ0n) is 9.60. The average Bonchev–Trinajstić information content (AvgIpc) is 2.61. The highest BCUT2D eigenvalue weighted by atomic mass is 16.2. The van der Waals surface area contributed by atoms with Crippen molar-refractivity contribution < 1.29 is 4.79 Å². The summed E-state index contributed by atoms with van der Waals surface area (Å²) in [5, 5.41) is 2.99. The van der Waals surface area contributed by atoms with Gasteiger partial charge in [-0.2, -0.15) is 0 Å². The van der Waals surface area contributed by atoms with Crippen LogP contribution >= 0.6 is 0 Å². The molecule has 1 aromatic heterocycles. The normalized spacial score (nSPS) is 15.8. The molecular weight excluding hydrogens is 204 g/mol. The molecular formula is C11H16N4O. The van der Waals surface area contributed by atoms with Gasteiger partial charge in [0.15, 0.2) is 0 Å². The number of urea groups is 1. The Bertz CT molecular complexity index is 393. The van der Waals surface area contributed by atoms with Crippen LogP contribution in [0, 0.1) is 0 Å². The van der Waals surface area contributed by atoms with Gasteiger partial charge in [-0.3, -0.25) is 0 Å². The molecule has 5 heteroatoms. The summed E-state index contributed by atoms with van der Waals surface area (Å²) in [4.78, 5) is 19.4. The molecule has 2 amide bonds. The standard InChI is InChI=1S/C11H16N4O/c1-12-10-7-9(3-4-13-10)8-15-6-5-14(2)11(15)16/h3-4,7H,5-6,8H2,1-2H3,(H,12,13). The van der Waals surface area contributed by atoms with E-state index < -0.39 is 0 Å². The summed E-state index contributed by atoms with van der Waals surface area (Å²) in [7, 11) is 3.66. The van der Waals surface area contributed by atoms with Gasteiger partial charge >= 0.3 is 6.03 Å². The van der Waals surface area contributed by atoms with Crippen LogP contribution < -0.4 is 5.32 Å². The Morgan fingerprint density at radius 3 is 2.94 bits per heavy atom. The quantitative estimate of drug-likeness (QED) is 0.826. The summed E-state index contributed by atoms with van der Waals surface area (Å²) in [5.41, 5.74) is 1.10. The molecule has 16 heavy (non-hydrogen) atoms. The summed E-state index contributed by atoms with van der Waals surface area (Å²) < 4.78 is 0. The molecule has 0 saturated carbocycles. The lowest BCUT2D eigenvalue weighted by Crippen LogP contribution is -2.28. The van der Waals surface area contributed by atoms with E-state index in [4.69, 9.17) is 0 Å². The summed E-state index contributed by atoms with van der Waals surface area (Å²) in [5.74, 6) is 0.831. The van der Waals surface area contributed by atoms with Gasteiger partial charge in [0, 0.05) is 39.9 Å². The number of carbonyl (C=O) groups is 1. The summed E-state index contributed by atoms with van der Waals surface area (Å²) in [6.45, 7) is 2.26. The fraction of sp³-hybridized carbons (Fsp3) is 0.455. The molecule has 1 aromatic rings. The molecule has 5 nitrogen and oxygen atoms in total. The molecule has 0 unspecified atom stereocenters. The molecule has 1 aliphatic rings. The number of hydrogen-bond donors (Lipinski definition) is 1. The lowest BCUT2D eigenvalue weighted by molar-refractivity contribution is 0.197. The van der Waals surface area contributed by atoms with Crippen molar-refractivity contribution in [2.45, 2.75) is 6.54 Å². The van der Waals surface area contributed by atoms with Crippen molar-refractivity contribution in [3.8, 4) is 0 Å². The van der Waals surface area contributed by atoms with Crippen molar-refractivity contribution in [2.24, 2.45) is 0 Å². The van der Waals surface area contributed by atoms with Crippen molar-refractivity contribution in [3.05, 3.63) is 23.9 Å². The molecule has 0 radical (unpaired) electrons. The van der Waals surface area contributed by atoms with Crippen LogP contribution in [0.25, 0.3) is 0 Å². The maximum atomic E-state index is 11.7. The number of rotatable bonds is 3. The smallest absolute Gasteiger partial charge is 0.320 e. The first-order chi connectivity index (χ1) is 7.70. The van der Waals surface area contributed by atoms with Crippen LogP contribution in [0.5, 0.6) is 0 Å². The van der Waals surface area contributed by atoms with Crippen LogP contribution in [0.4, 0.5) is 10.6 Å². The molecule has 86 valence electrons. The molecule has 0 atom stereocenters. The van der Waals surface area contributed by atoms with Crippen LogP contribution in [-0.4, -0.2) is 48.0 Å². The summed E-state index contributed by atoms with van der Waals surface area (Å²) >= 11 is 0. The minimum absolute atomic E-state index is 0.0998. The lowest BCUT2D eigenvalue weighted by Gasteiger charge is -2.16. The van der Waals surface area contributed by atoms with Crippen LogP contribution in [0.2, 0.25) is 0 Å². The minimum atomic E-state index is 0.0998. The SMILES string of the molecule is CNc1cc(CN2CCN(C)C2=O)ccn1. The van der Waals surface area contributed by atoms with Crippen LogP contribution in [0.1, 0.15) is 5.56 Å². The van der Waals surface area contributed by atoms with Crippen molar-refractivity contribution in [3.63, 3.8) is 0 Å². The van der Waals surface area contributed by atoms with Gasteiger partial charge in [-0.1, -0.05) is 0 Å².